The fraction of sp³-hybridized carbons (Fsp3) is 0.156. The molecule has 0 spiro atoms. The quantitative estimate of drug-likeness (QED) is 0.164. The summed E-state index contributed by atoms with van der Waals surface area (Å²) in [4.78, 5) is 4.72. The first-order valence-electron chi connectivity index (χ1n) is 12.7. The molecule has 4 aromatic rings. The smallest absolute Gasteiger partial charge is 0.339 e. The highest BCUT2D eigenvalue weighted by atomic mass is 32.2. The van der Waals surface area contributed by atoms with Gasteiger partial charge in [-0.2, -0.15) is 8.42 Å². The highest BCUT2D eigenvalue weighted by Crippen LogP contribution is 2.49. The predicted molar refractivity (Wildman–Crippen MR) is 152 cm³/mol. The van der Waals surface area contributed by atoms with Crippen LogP contribution in [-0.4, -0.2) is 14.6 Å². The zero-order valence-electron chi connectivity index (χ0n) is 21.0. The molecule has 6 rings (SSSR count). The van der Waals surface area contributed by atoms with Crippen molar-refractivity contribution in [3.05, 3.63) is 131 Å². The van der Waals surface area contributed by atoms with E-state index in [-0.39, 0.29) is 16.7 Å². The fourth-order valence-electron chi connectivity index (χ4n) is 5.32. The zero-order chi connectivity index (χ0) is 26.1. The Morgan fingerprint density at radius 2 is 1.63 bits per heavy atom. The Hall–Kier alpha value is -4.16. The van der Waals surface area contributed by atoms with Crippen molar-refractivity contribution in [1.82, 2.24) is 0 Å². The van der Waals surface area contributed by atoms with Gasteiger partial charge in [-0.1, -0.05) is 72.3 Å². The molecule has 0 unspecified atom stereocenters. The number of benzene rings is 4. The van der Waals surface area contributed by atoms with E-state index in [0.29, 0.717) is 17.4 Å². The summed E-state index contributed by atoms with van der Waals surface area (Å²) in [5, 5.41) is 3.76. The Labute approximate surface area is 223 Å². The summed E-state index contributed by atoms with van der Waals surface area (Å²) in [6.07, 6.45) is 7.33. The third-order valence-corrected chi connectivity index (χ3v) is 8.55. The first-order chi connectivity index (χ1) is 18.5. The molecule has 0 aromatic heterocycles. The van der Waals surface area contributed by atoms with Crippen LogP contribution in [0.25, 0.3) is 0 Å². The normalized spacial score (nSPS) is 20.1. The van der Waals surface area contributed by atoms with Crippen molar-refractivity contribution >= 4 is 27.7 Å². The molecule has 190 valence electrons. The highest BCUT2D eigenvalue weighted by Gasteiger charge is 2.37. The average molecular weight is 521 g/mol. The van der Waals surface area contributed by atoms with Crippen LogP contribution in [0, 0.1) is 12.8 Å². The molecular formula is C32H28N2O3S. The van der Waals surface area contributed by atoms with E-state index >= 15 is 0 Å². The number of nitrogens with one attached hydrogen (secondary N) is 1. The first-order valence-corrected chi connectivity index (χ1v) is 14.2. The molecule has 6 heteroatoms. The van der Waals surface area contributed by atoms with Crippen LogP contribution >= 0.6 is 0 Å². The van der Waals surface area contributed by atoms with Gasteiger partial charge in [0.1, 0.15) is 4.90 Å². The lowest BCUT2D eigenvalue weighted by Crippen LogP contribution is -2.28. The van der Waals surface area contributed by atoms with Crippen molar-refractivity contribution in [2.24, 2.45) is 10.9 Å². The molecule has 3 atom stereocenters. The van der Waals surface area contributed by atoms with Crippen LogP contribution in [0.3, 0.4) is 0 Å². The lowest BCUT2D eigenvalue weighted by molar-refractivity contribution is 0.425. The number of fused-ring (bicyclic) bond motifs is 3. The number of aliphatic imine (C=N–C) groups is 1. The third-order valence-electron chi connectivity index (χ3n) is 7.31. The minimum atomic E-state index is -3.96. The molecule has 1 aliphatic heterocycles. The molecule has 1 aliphatic carbocycles. The Kier molecular flexibility index (Phi) is 6.34. The molecule has 5 nitrogen and oxygen atoms in total. The maximum Gasteiger partial charge on any atom is 0.339 e. The number of allylic oxidation sites excluding steroid dienone is 2. The van der Waals surface area contributed by atoms with Crippen molar-refractivity contribution < 1.29 is 12.6 Å². The molecule has 0 amide bonds. The summed E-state index contributed by atoms with van der Waals surface area (Å²) >= 11 is 0. The van der Waals surface area contributed by atoms with E-state index in [1.54, 1.807) is 48.7 Å². The number of nitrogens with zero attached hydrogens (tertiary/aromatic N) is 1. The van der Waals surface area contributed by atoms with Gasteiger partial charge < -0.3 is 9.50 Å². The van der Waals surface area contributed by atoms with Gasteiger partial charge in [-0.15, -0.1) is 0 Å². The van der Waals surface area contributed by atoms with Gasteiger partial charge in [0.25, 0.3) is 0 Å². The van der Waals surface area contributed by atoms with E-state index in [9.17, 15) is 8.42 Å². The van der Waals surface area contributed by atoms with E-state index in [1.165, 1.54) is 16.8 Å². The van der Waals surface area contributed by atoms with Gasteiger partial charge in [0.15, 0.2) is 5.75 Å². The fourth-order valence-corrected chi connectivity index (χ4v) is 6.27. The number of aryl methyl sites for hydroxylation is 1. The highest BCUT2D eigenvalue weighted by molar-refractivity contribution is 7.87. The van der Waals surface area contributed by atoms with Crippen LogP contribution in [-0.2, 0) is 10.1 Å². The SMILES string of the molecule is Cc1ccc(S(=O)(=O)Oc2ccccc2C=Nc2ccc([C@@H]3Nc4ccccc4[C@@H]4C=CC[C@@H]43)cc2)cc1. The standard InChI is InChI=1S/C32H28N2O3S/c1-22-13-19-26(20-14-22)38(35,36)37-31-12-5-2-7-24(31)21-33-25-17-15-23(16-18-25)32-29-10-6-9-27(29)28-8-3-4-11-30(28)34-32/h2-9,11-21,27,29,32,34H,10H2,1H3/t27-,29-,32-/m0/s1. The van der Waals surface area contributed by atoms with E-state index in [4.69, 9.17) is 4.18 Å². The van der Waals surface area contributed by atoms with Crippen molar-refractivity contribution in [1.29, 1.82) is 0 Å². The van der Waals surface area contributed by atoms with Crippen molar-refractivity contribution in [3.8, 4) is 5.75 Å². The average Bonchev–Trinajstić information content (AvgIpc) is 3.43. The molecule has 0 saturated heterocycles. The topological polar surface area (TPSA) is 67.8 Å². The summed E-state index contributed by atoms with van der Waals surface area (Å²) in [6.45, 7) is 1.91. The van der Waals surface area contributed by atoms with Gasteiger partial charge >= 0.3 is 10.1 Å². The van der Waals surface area contributed by atoms with Crippen molar-refractivity contribution in [2.75, 3.05) is 5.32 Å². The largest absolute Gasteiger partial charge is 0.378 e. The molecule has 2 aliphatic rings. The number of rotatable bonds is 6. The van der Waals surface area contributed by atoms with Crippen LogP contribution < -0.4 is 9.50 Å². The van der Waals surface area contributed by atoms with Crippen LogP contribution in [0.4, 0.5) is 11.4 Å². The van der Waals surface area contributed by atoms with E-state index in [2.05, 4.69) is 58.9 Å². The number of hydrogen-bond acceptors (Lipinski definition) is 5. The summed E-state index contributed by atoms with van der Waals surface area (Å²) in [5.74, 6) is 1.15. The Balaban J connectivity index is 1.20. The van der Waals surface area contributed by atoms with Gasteiger partial charge in [0.2, 0.25) is 0 Å². The van der Waals surface area contributed by atoms with Crippen LogP contribution in [0.1, 0.15) is 40.6 Å². The second-order valence-corrected chi connectivity index (χ2v) is 11.3. The predicted octanol–water partition coefficient (Wildman–Crippen LogP) is 7.34. The second-order valence-electron chi connectivity index (χ2n) is 9.80. The van der Waals surface area contributed by atoms with Gasteiger partial charge in [-0.25, -0.2) is 0 Å². The molecular weight excluding hydrogens is 492 g/mol. The lowest BCUT2D eigenvalue weighted by atomic mass is 9.77. The third kappa shape index (κ3) is 4.75. The number of para-hydroxylation sites is 2. The maximum absolute atomic E-state index is 12.8. The van der Waals surface area contributed by atoms with Gasteiger partial charge in [0, 0.05) is 23.4 Å². The van der Waals surface area contributed by atoms with Gasteiger partial charge in [0.05, 0.1) is 11.7 Å². The lowest BCUT2D eigenvalue weighted by Gasteiger charge is -2.37. The monoisotopic (exact) mass is 520 g/mol. The Bertz CT molecular complexity index is 1620. The van der Waals surface area contributed by atoms with Crippen LogP contribution in [0.2, 0.25) is 0 Å². The molecule has 0 radical (unpaired) electrons. The van der Waals surface area contributed by atoms with Crippen molar-refractivity contribution in [3.63, 3.8) is 0 Å². The molecule has 1 N–H and O–H groups in total. The summed E-state index contributed by atoms with van der Waals surface area (Å²) in [7, 11) is -3.96. The van der Waals surface area contributed by atoms with E-state index in [0.717, 1.165) is 17.7 Å². The van der Waals surface area contributed by atoms with Crippen LogP contribution in [0.5, 0.6) is 5.75 Å². The van der Waals surface area contributed by atoms with E-state index < -0.39 is 10.1 Å². The summed E-state index contributed by atoms with van der Waals surface area (Å²) in [6, 6.07) is 30.6. The number of hydrogen-bond donors (Lipinski definition) is 1. The summed E-state index contributed by atoms with van der Waals surface area (Å²) in [5.41, 5.74) is 6.13. The summed E-state index contributed by atoms with van der Waals surface area (Å²) < 4.78 is 31.1. The molecule has 1 heterocycles. The molecule has 4 aromatic carbocycles. The Morgan fingerprint density at radius 1 is 0.895 bits per heavy atom. The van der Waals surface area contributed by atoms with Crippen LogP contribution in [0.15, 0.2) is 119 Å². The van der Waals surface area contributed by atoms with Gasteiger partial charge in [-0.3, -0.25) is 4.99 Å². The van der Waals surface area contributed by atoms with E-state index in [1.807, 2.05) is 25.1 Å². The zero-order valence-corrected chi connectivity index (χ0v) is 21.8. The first kappa shape index (κ1) is 24.2. The maximum atomic E-state index is 12.8. The van der Waals surface area contributed by atoms with Crippen molar-refractivity contribution in [2.45, 2.75) is 30.2 Å². The molecule has 0 saturated carbocycles. The minimum absolute atomic E-state index is 0.115. The second kappa shape index (κ2) is 9.95. The Morgan fingerprint density at radius 3 is 2.45 bits per heavy atom. The molecule has 0 fully saturated rings. The molecule has 38 heavy (non-hydrogen) atoms. The minimum Gasteiger partial charge on any atom is -0.378 e. The molecule has 0 bridgehead atoms. The number of anilines is 1. The van der Waals surface area contributed by atoms with Gasteiger partial charge in [-0.05, 0) is 72.9 Å².